The number of nitrogens with one attached hydrogen (secondary N) is 2. The minimum atomic E-state index is -0.251. The van der Waals surface area contributed by atoms with Crippen molar-refractivity contribution in [3.05, 3.63) is 46.7 Å². The molecular weight excluding hydrogens is 416 g/mol. The number of aromatic amines is 1. The van der Waals surface area contributed by atoms with Crippen molar-refractivity contribution in [1.82, 2.24) is 14.8 Å². The monoisotopic (exact) mass is 440 g/mol. The fourth-order valence-electron chi connectivity index (χ4n) is 3.57. The number of carbonyl (C=O) groups is 1. The average molecular weight is 441 g/mol. The number of carbonyl (C=O) groups excluding carboxylic acids is 1. The molecule has 0 bridgehead atoms. The smallest absolute Gasteiger partial charge is 0.244 e. The van der Waals surface area contributed by atoms with E-state index in [-0.39, 0.29) is 18.6 Å². The van der Waals surface area contributed by atoms with Crippen LogP contribution in [0, 0.1) is 4.77 Å². The van der Waals surface area contributed by atoms with Gasteiger partial charge in [0.05, 0.1) is 19.4 Å². The molecule has 1 atom stereocenters. The third kappa shape index (κ3) is 4.41. The van der Waals surface area contributed by atoms with E-state index in [1.165, 1.54) is 0 Å². The Morgan fingerprint density at radius 2 is 2.13 bits per heavy atom. The van der Waals surface area contributed by atoms with Crippen LogP contribution in [0.2, 0.25) is 0 Å². The SMILES string of the molecule is CCOc1cc2c(cc1NC(=O)Cn1c(-c3ccc(OC)cc3)n[nH]c1=S)OC(C)C2. The molecule has 162 valence electrons. The second kappa shape index (κ2) is 8.81. The summed E-state index contributed by atoms with van der Waals surface area (Å²) in [7, 11) is 1.61. The maximum atomic E-state index is 12.9. The molecular formula is C22H24N4O4S. The summed E-state index contributed by atoms with van der Waals surface area (Å²) >= 11 is 5.35. The Balaban J connectivity index is 1.57. The highest BCUT2D eigenvalue weighted by atomic mass is 32.1. The number of rotatable bonds is 7. The number of ether oxygens (including phenoxy) is 3. The number of amides is 1. The molecule has 2 N–H and O–H groups in total. The van der Waals surface area contributed by atoms with Crippen molar-refractivity contribution in [2.24, 2.45) is 0 Å². The molecule has 1 aliphatic rings. The summed E-state index contributed by atoms with van der Waals surface area (Å²) < 4.78 is 18.8. The zero-order chi connectivity index (χ0) is 22.0. The molecule has 3 aromatic rings. The lowest BCUT2D eigenvalue weighted by molar-refractivity contribution is -0.116. The van der Waals surface area contributed by atoms with E-state index in [4.69, 9.17) is 26.4 Å². The first-order valence-electron chi connectivity index (χ1n) is 10.0. The van der Waals surface area contributed by atoms with Crippen molar-refractivity contribution < 1.29 is 19.0 Å². The van der Waals surface area contributed by atoms with Gasteiger partial charge in [0.1, 0.15) is 29.9 Å². The first-order chi connectivity index (χ1) is 15.0. The minimum absolute atomic E-state index is 0.00337. The topological polar surface area (TPSA) is 90.4 Å². The molecule has 2 aromatic carbocycles. The van der Waals surface area contributed by atoms with Crippen LogP contribution in [0.25, 0.3) is 11.4 Å². The summed E-state index contributed by atoms with van der Waals surface area (Å²) in [4.78, 5) is 12.9. The predicted octanol–water partition coefficient (Wildman–Crippen LogP) is 3.98. The van der Waals surface area contributed by atoms with Crippen molar-refractivity contribution in [2.75, 3.05) is 19.0 Å². The molecule has 9 heteroatoms. The van der Waals surface area contributed by atoms with E-state index in [0.717, 1.165) is 29.0 Å². The molecule has 0 saturated heterocycles. The lowest BCUT2D eigenvalue weighted by Gasteiger charge is -2.14. The van der Waals surface area contributed by atoms with Gasteiger partial charge in [-0.3, -0.25) is 14.5 Å². The first-order valence-corrected chi connectivity index (χ1v) is 10.4. The van der Waals surface area contributed by atoms with Crippen LogP contribution >= 0.6 is 12.2 Å². The van der Waals surface area contributed by atoms with Gasteiger partial charge >= 0.3 is 0 Å². The maximum Gasteiger partial charge on any atom is 0.244 e. The Hall–Kier alpha value is -3.33. The molecule has 1 aliphatic heterocycles. The van der Waals surface area contributed by atoms with Crippen LogP contribution in [-0.4, -0.2) is 40.5 Å². The van der Waals surface area contributed by atoms with Crippen LogP contribution in [-0.2, 0) is 17.8 Å². The number of methoxy groups -OCH3 is 1. The fourth-order valence-corrected chi connectivity index (χ4v) is 3.77. The lowest BCUT2D eigenvalue weighted by Crippen LogP contribution is -2.20. The third-order valence-corrected chi connectivity index (χ3v) is 5.29. The quantitative estimate of drug-likeness (QED) is 0.540. The minimum Gasteiger partial charge on any atom is -0.497 e. The van der Waals surface area contributed by atoms with Gasteiger partial charge in [-0.25, -0.2) is 0 Å². The Labute approximate surface area is 185 Å². The molecule has 31 heavy (non-hydrogen) atoms. The maximum absolute atomic E-state index is 12.9. The van der Waals surface area contributed by atoms with Crippen LogP contribution in [0.3, 0.4) is 0 Å². The van der Waals surface area contributed by atoms with E-state index in [1.54, 1.807) is 11.7 Å². The van der Waals surface area contributed by atoms with Gasteiger partial charge in [-0.1, -0.05) is 0 Å². The van der Waals surface area contributed by atoms with E-state index < -0.39 is 0 Å². The van der Waals surface area contributed by atoms with Crippen LogP contribution in [0.15, 0.2) is 36.4 Å². The highest BCUT2D eigenvalue weighted by molar-refractivity contribution is 7.71. The number of aromatic nitrogens is 3. The molecule has 1 amide bonds. The summed E-state index contributed by atoms with van der Waals surface area (Å²) in [5.41, 5.74) is 2.46. The summed E-state index contributed by atoms with van der Waals surface area (Å²) in [5.74, 6) is 2.44. The van der Waals surface area contributed by atoms with Crippen LogP contribution in [0.1, 0.15) is 19.4 Å². The zero-order valence-electron chi connectivity index (χ0n) is 17.6. The van der Waals surface area contributed by atoms with E-state index >= 15 is 0 Å². The largest absolute Gasteiger partial charge is 0.497 e. The highest BCUT2D eigenvalue weighted by Crippen LogP contribution is 2.38. The Kier molecular flexibility index (Phi) is 5.94. The Bertz CT molecular complexity index is 1150. The first kappa shape index (κ1) is 20.9. The Morgan fingerprint density at radius 3 is 2.84 bits per heavy atom. The third-order valence-electron chi connectivity index (χ3n) is 4.98. The summed E-state index contributed by atoms with van der Waals surface area (Å²) in [6, 6.07) is 11.1. The van der Waals surface area contributed by atoms with Crippen molar-refractivity contribution in [1.29, 1.82) is 0 Å². The number of benzene rings is 2. The van der Waals surface area contributed by atoms with E-state index in [0.29, 0.717) is 28.6 Å². The molecule has 0 fully saturated rings. The van der Waals surface area contributed by atoms with E-state index in [1.807, 2.05) is 50.2 Å². The standard InChI is InChI=1S/C22H24N4O4S/c1-4-29-19-10-15-9-13(2)30-18(15)11-17(19)23-20(27)12-26-21(24-25-22(26)31)14-5-7-16(28-3)8-6-14/h5-8,10-11,13H,4,9,12H2,1-3H3,(H,23,27)(H,25,31). The van der Waals surface area contributed by atoms with Crippen LogP contribution in [0.5, 0.6) is 17.2 Å². The zero-order valence-corrected chi connectivity index (χ0v) is 18.4. The van der Waals surface area contributed by atoms with Crippen molar-refractivity contribution in [2.45, 2.75) is 32.9 Å². The molecule has 1 aromatic heterocycles. The molecule has 0 radical (unpaired) electrons. The van der Waals surface area contributed by atoms with Gasteiger partial charge < -0.3 is 19.5 Å². The van der Waals surface area contributed by atoms with Gasteiger partial charge in [0.2, 0.25) is 5.91 Å². The average Bonchev–Trinajstić information content (AvgIpc) is 3.29. The molecule has 1 unspecified atom stereocenters. The van der Waals surface area contributed by atoms with Crippen molar-refractivity contribution in [3.8, 4) is 28.6 Å². The predicted molar refractivity (Wildman–Crippen MR) is 119 cm³/mol. The van der Waals surface area contributed by atoms with Crippen molar-refractivity contribution >= 4 is 23.8 Å². The molecule has 0 aliphatic carbocycles. The van der Waals surface area contributed by atoms with Crippen LogP contribution in [0.4, 0.5) is 5.69 Å². The summed E-state index contributed by atoms with van der Waals surface area (Å²) in [5, 5.41) is 9.98. The van der Waals surface area contributed by atoms with E-state index in [2.05, 4.69) is 15.5 Å². The Morgan fingerprint density at radius 1 is 1.35 bits per heavy atom. The van der Waals surface area contributed by atoms with Gasteiger partial charge in [0.25, 0.3) is 0 Å². The second-order valence-electron chi connectivity index (χ2n) is 7.24. The van der Waals surface area contributed by atoms with Gasteiger partial charge in [-0.05, 0) is 56.4 Å². The molecule has 2 heterocycles. The van der Waals surface area contributed by atoms with Gasteiger partial charge in [-0.15, -0.1) is 0 Å². The number of hydrogen-bond acceptors (Lipinski definition) is 6. The highest BCUT2D eigenvalue weighted by Gasteiger charge is 2.23. The van der Waals surface area contributed by atoms with Gasteiger partial charge in [0.15, 0.2) is 10.6 Å². The van der Waals surface area contributed by atoms with Gasteiger partial charge in [-0.2, -0.15) is 5.10 Å². The number of H-pyrrole nitrogens is 1. The summed E-state index contributed by atoms with van der Waals surface area (Å²) in [6.45, 7) is 4.41. The van der Waals surface area contributed by atoms with Crippen molar-refractivity contribution in [3.63, 3.8) is 0 Å². The number of anilines is 1. The molecule has 8 nitrogen and oxygen atoms in total. The molecule has 4 rings (SSSR count). The summed E-state index contributed by atoms with van der Waals surface area (Å²) in [6.07, 6.45) is 0.922. The second-order valence-corrected chi connectivity index (χ2v) is 7.62. The molecule has 0 saturated carbocycles. The number of nitrogens with zero attached hydrogens (tertiary/aromatic N) is 2. The van der Waals surface area contributed by atoms with E-state index in [9.17, 15) is 4.79 Å². The molecule has 0 spiro atoms. The normalized spacial score (nSPS) is 14.6. The van der Waals surface area contributed by atoms with Crippen LogP contribution < -0.4 is 19.5 Å². The van der Waals surface area contributed by atoms with Gasteiger partial charge in [0, 0.05) is 23.6 Å². The number of hydrogen-bond donors (Lipinski definition) is 2. The lowest BCUT2D eigenvalue weighted by atomic mass is 10.1. The fraction of sp³-hybridized carbons (Fsp3) is 0.318. The number of fused-ring (bicyclic) bond motifs is 1.